The largest absolute Gasteiger partial charge is 0.497 e. The predicted octanol–water partition coefficient (Wildman–Crippen LogP) is 5.19. The normalized spacial score (nSPS) is 11.3. The SMILES string of the molecule is COc1ccc2nc(-n3nc(C)cc3NC(=O)c3cc4cccc(Cl)c4[nH]3)sc2c1. The van der Waals surface area contributed by atoms with Crippen LogP contribution in [0.2, 0.25) is 5.02 Å². The molecule has 3 aromatic heterocycles. The first-order chi connectivity index (χ1) is 14.5. The number of rotatable bonds is 4. The highest BCUT2D eigenvalue weighted by atomic mass is 35.5. The molecular weight excluding hydrogens is 422 g/mol. The van der Waals surface area contributed by atoms with E-state index in [1.165, 1.54) is 11.3 Å². The molecule has 0 unspecified atom stereocenters. The fourth-order valence-corrected chi connectivity index (χ4v) is 4.46. The van der Waals surface area contributed by atoms with E-state index in [1.54, 1.807) is 30.0 Å². The Kier molecular flexibility index (Phi) is 4.45. The number of aryl methyl sites for hydroxylation is 1. The number of carbonyl (C=O) groups is 1. The van der Waals surface area contributed by atoms with Crippen LogP contribution in [0.3, 0.4) is 0 Å². The van der Waals surface area contributed by atoms with Gasteiger partial charge >= 0.3 is 0 Å². The number of hydrogen-bond donors (Lipinski definition) is 2. The lowest BCUT2D eigenvalue weighted by atomic mass is 10.2. The second kappa shape index (κ2) is 7.16. The molecule has 0 atom stereocenters. The van der Waals surface area contributed by atoms with Gasteiger partial charge in [0.2, 0.25) is 5.13 Å². The van der Waals surface area contributed by atoms with Gasteiger partial charge in [-0.3, -0.25) is 4.79 Å². The fourth-order valence-electron chi connectivity index (χ4n) is 3.27. The van der Waals surface area contributed by atoms with Gasteiger partial charge in [-0.2, -0.15) is 9.78 Å². The number of nitrogens with zero attached hydrogens (tertiary/aromatic N) is 3. The molecule has 30 heavy (non-hydrogen) atoms. The molecule has 0 radical (unpaired) electrons. The van der Waals surface area contributed by atoms with Crippen molar-refractivity contribution in [1.29, 1.82) is 0 Å². The highest BCUT2D eigenvalue weighted by Crippen LogP contribution is 2.30. The van der Waals surface area contributed by atoms with Gasteiger partial charge in [0.1, 0.15) is 17.3 Å². The lowest BCUT2D eigenvalue weighted by Crippen LogP contribution is -2.15. The molecule has 2 aromatic carbocycles. The molecule has 0 aliphatic rings. The number of aromatic nitrogens is 4. The van der Waals surface area contributed by atoms with E-state index in [0.29, 0.717) is 21.7 Å². The lowest BCUT2D eigenvalue weighted by Gasteiger charge is -2.05. The molecule has 2 N–H and O–H groups in total. The van der Waals surface area contributed by atoms with Crippen LogP contribution < -0.4 is 10.1 Å². The minimum absolute atomic E-state index is 0.286. The number of thiazole rings is 1. The number of anilines is 1. The van der Waals surface area contributed by atoms with E-state index in [1.807, 2.05) is 37.3 Å². The Balaban J connectivity index is 1.50. The van der Waals surface area contributed by atoms with E-state index in [2.05, 4.69) is 20.4 Å². The van der Waals surface area contributed by atoms with Gasteiger partial charge in [0.05, 0.1) is 33.6 Å². The summed E-state index contributed by atoms with van der Waals surface area (Å²) in [7, 11) is 1.63. The maximum absolute atomic E-state index is 12.9. The van der Waals surface area contributed by atoms with Gasteiger partial charge in [0, 0.05) is 11.5 Å². The van der Waals surface area contributed by atoms with Gasteiger partial charge < -0.3 is 15.0 Å². The van der Waals surface area contributed by atoms with Crippen LogP contribution in [0, 0.1) is 6.92 Å². The van der Waals surface area contributed by atoms with E-state index < -0.39 is 0 Å². The smallest absolute Gasteiger partial charge is 0.273 e. The summed E-state index contributed by atoms with van der Waals surface area (Å²) in [5.74, 6) is 1.01. The standard InChI is InChI=1S/C21H16ClN5O2S/c1-11-8-18(25-20(28)16-9-12-4-3-5-14(22)19(12)23-16)27(26-11)21-24-15-7-6-13(29-2)10-17(15)30-21/h3-10,23H,1-2H3,(H,25,28). The highest BCUT2D eigenvalue weighted by molar-refractivity contribution is 7.20. The molecule has 5 aromatic rings. The summed E-state index contributed by atoms with van der Waals surface area (Å²) in [6.45, 7) is 1.87. The fraction of sp³-hybridized carbons (Fsp3) is 0.0952. The molecular formula is C21H16ClN5O2S. The average Bonchev–Trinajstić information content (AvgIpc) is 3.43. The molecule has 0 aliphatic carbocycles. The Morgan fingerprint density at radius 2 is 2.10 bits per heavy atom. The lowest BCUT2D eigenvalue weighted by molar-refractivity contribution is 0.102. The van der Waals surface area contributed by atoms with Gasteiger partial charge in [0.25, 0.3) is 5.91 Å². The molecule has 3 heterocycles. The highest BCUT2D eigenvalue weighted by Gasteiger charge is 2.17. The number of methoxy groups -OCH3 is 1. The zero-order chi connectivity index (χ0) is 20.8. The number of carbonyl (C=O) groups excluding carboxylic acids is 1. The van der Waals surface area contributed by atoms with Crippen LogP contribution in [0.5, 0.6) is 5.75 Å². The van der Waals surface area contributed by atoms with Crippen LogP contribution in [0.15, 0.2) is 48.5 Å². The Morgan fingerprint density at radius 3 is 2.90 bits per heavy atom. The van der Waals surface area contributed by atoms with Crippen molar-refractivity contribution in [2.75, 3.05) is 12.4 Å². The third-order valence-electron chi connectivity index (χ3n) is 4.69. The van der Waals surface area contributed by atoms with Crippen LogP contribution in [0.25, 0.3) is 26.3 Å². The van der Waals surface area contributed by atoms with E-state index >= 15 is 0 Å². The molecule has 0 spiro atoms. The summed E-state index contributed by atoms with van der Waals surface area (Å²) in [6.07, 6.45) is 0. The predicted molar refractivity (Wildman–Crippen MR) is 119 cm³/mol. The number of para-hydroxylation sites is 1. The number of H-pyrrole nitrogens is 1. The zero-order valence-electron chi connectivity index (χ0n) is 16.1. The van der Waals surface area contributed by atoms with Gasteiger partial charge in [-0.05, 0) is 37.3 Å². The van der Waals surface area contributed by atoms with Gasteiger partial charge in [-0.1, -0.05) is 35.1 Å². The molecule has 0 saturated heterocycles. The number of ether oxygens (including phenoxy) is 1. The van der Waals surface area contributed by atoms with Gasteiger partial charge in [-0.25, -0.2) is 4.98 Å². The summed E-state index contributed by atoms with van der Waals surface area (Å²) in [5, 5.41) is 9.53. The van der Waals surface area contributed by atoms with Crippen molar-refractivity contribution in [2.24, 2.45) is 0 Å². The van der Waals surface area contributed by atoms with Crippen molar-refractivity contribution in [2.45, 2.75) is 6.92 Å². The van der Waals surface area contributed by atoms with Crippen molar-refractivity contribution >= 4 is 55.8 Å². The molecule has 0 bridgehead atoms. The molecule has 7 nitrogen and oxygen atoms in total. The van der Waals surface area contributed by atoms with Crippen molar-refractivity contribution in [3.63, 3.8) is 0 Å². The summed E-state index contributed by atoms with van der Waals surface area (Å²) >= 11 is 7.68. The summed E-state index contributed by atoms with van der Waals surface area (Å²) in [4.78, 5) is 20.6. The Morgan fingerprint density at radius 1 is 1.23 bits per heavy atom. The maximum atomic E-state index is 12.9. The minimum Gasteiger partial charge on any atom is -0.497 e. The average molecular weight is 438 g/mol. The number of aromatic amines is 1. The number of nitrogens with one attached hydrogen (secondary N) is 2. The molecule has 5 rings (SSSR count). The second-order valence-corrected chi connectivity index (χ2v) is 8.17. The van der Waals surface area contributed by atoms with Crippen LogP contribution in [-0.4, -0.2) is 32.8 Å². The van der Waals surface area contributed by atoms with Crippen molar-refractivity contribution in [1.82, 2.24) is 19.7 Å². The third kappa shape index (κ3) is 3.20. The molecule has 150 valence electrons. The number of fused-ring (bicyclic) bond motifs is 2. The zero-order valence-corrected chi connectivity index (χ0v) is 17.6. The van der Waals surface area contributed by atoms with Crippen molar-refractivity contribution in [3.05, 3.63) is 64.9 Å². The van der Waals surface area contributed by atoms with Crippen LogP contribution in [0.1, 0.15) is 16.2 Å². The Hall–Kier alpha value is -3.36. The molecule has 0 saturated carbocycles. The van der Waals surface area contributed by atoms with Crippen LogP contribution in [-0.2, 0) is 0 Å². The topological polar surface area (TPSA) is 84.8 Å². The number of benzene rings is 2. The van der Waals surface area contributed by atoms with Gasteiger partial charge in [0.15, 0.2) is 0 Å². The first kappa shape index (κ1) is 18.7. The third-order valence-corrected chi connectivity index (χ3v) is 6.00. The second-order valence-electron chi connectivity index (χ2n) is 6.75. The summed E-state index contributed by atoms with van der Waals surface area (Å²) in [6, 6.07) is 14.8. The minimum atomic E-state index is -0.286. The number of hydrogen-bond acceptors (Lipinski definition) is 5. The van der Waals surface area contributed by atoms with Crippen molar-refractivity contribution < 1.29 is 9.53 Å². The van der Waals surface area contributed by atoms with E-state index in [0.717, 1.165) is 32.6 Å². The van der Waals surface area contributed by atoms with Gasteiger partial charge in [-0.15, -0.1) is 0 Å². The maximum Gasteiger partial charge on any atom is 0.273 e. The Bertz CT molecular complexity index is 1420. The van der Waals surface area contributed by atoms with Crippen LogP contribution >= 0.6 is 22.9 Å². The van der Waals surface area contributed by atoms with E-state index in [9.17, 15) is 4.79 Å². The quantitative estimate of drug-likeness (QED) is 0.405. The number of halogens is 1. The molecule has 0 fully saturated rings. The molecule has 9 heteroatoms. The monoisotopic (exact) mass is 437 g/mol. The van der Waals surface area contributed by atoms with E-state index in [4.69, 9.17) is 16.3 Å². The van der Waals surface area contributed by atoms with Crippen molar-refractivity contribution in [3.8, 4) is 10.9 Å². The summed E-state index contributed by atoms with van der Waals surface area (Å²) < 4.78 is 7.90. The number of amides is 1. The first-order valence-corrected chi connectivity index (χ1v) is 10.3. The Labute approximate surface area is 180 Å². The molecule has 1 amide bonds. The molecule has 0 aliphatic heterocycles. The first-order valence-electron chi connectivity index (χ1n) is 9.12. The van der Waals surface area contributed by atoms with Crippen LogP contribution in [0.4, 0.5) is 5.82 Å². The summed E-state index contributed by atoms with van der Waals surface area (Å²) in [5.41, 5.74) is 2.75. The van der Waals surface area contributed by atoms with E-state index in [-0.39, 0.29) is 5.91 Å².